The Balaban J connectivity index is 2.12. The van der Waals surface area contributed by atoms with Crippen molar-refractivity contribution in [2.75, 3.05) is 11.5 Å². The summed E-state index contributed by atoms with van der Waals surface area (Å²) in [4.78, 5) is 12.1. The van der Waals surface area contributed by atoms with Crippen molar-refractivity contribution in [1.29, 1.82) is 0 Å². The molecular weight excluding hydrogens is 399 g/mol. The molecule has 9 heteroatoms. The molecule has 4 nitrogen and oxygen atoms in total. The van der Waals surface area contributed by atoms with E-state index in [1.807, 2.05) is 5.32 Å². The number of benzene rings is 1. The quantitative estimate of drug-likeness (QED) is 0.828. The summed E-state index contributed by atoms with van der Waals surface area (Å²) in [5.74, 6) is -1.80. The molecule has 1 aromatic carbocycles. The molecule has 1 heterocycles. The lowest BCUT2D eigenvalue weighted by Gasteiger charge is -2.26. The molecule has 23 heavy (non-hydrogen) atoms. The molecule has 1 atom stereocenters. The Hall–Kier alpha value is -1.09. The molecule has 1 N–H and O–H groups in total. The number of alkyl halides is 3. The van der Waals surface area contributed by atoms with Crippen LogP contribution in [0.4, 0.5) is 13.2 Å². The van der Waals surface area contributed by atoms with E-state index in [4.69, 9.17) is 0 Å². The van der Waals surface area contributed by atoms with E-state index >= 15 is 0 Å². The SMILES string of the molecule is O=C(N[C@H](c1ccc(Br)cc1)C(F)(F)F)C1CCS(=O)(=O)CC1. The Labute approximate surface area is 140 Å². The van der Waals surface area contributed by atoms with Gasteiger partial charge in [0.1, 0.15) is 9.84 Å². The van der Waals surface area contributed by atoms with E-state index in [1.54, 1.807) is 0 Å². The summed E-state index contributed by atoms with van der Waals surface area (Å²) in [7, 11) is -3.17. The van der Waals surface area contributed by atoms with Gasteiger partial charge in [-0.15, -0.1) is 0 Å². The van der Waals surface area contributed by atoms with Gasteiger partial charge in [-0.3, -0.25) is 4.79 Å². The van der Waals surface area contributed by atoms with Crippen molar-refractivity contribution >= 4 is 31.7 Å². The van der Waals surface area contributed by atoms with E-state index in [-0.39, 0.29) is 29.9 Å². The lowest BCUT2D eigenvalue weighted by atomic mass is 10.00. The number of carbonyl (C=O) groups is 1. The first-order chi connectivity index (χ1) is 10.6. The second kappa shape index (κ2) is 6.80. The summed E-state index contributed by atoms with van der Waals surface area (Å²) < 4.78 is 63.0. The lowest BCUT2D eigenvalue weighted by Crippen LogP contribution is -2.43. The highest BCUT2D eigenvalue weighted by molar-refractivity contribution is 9.10. The van der Waals surface area contributed by atoms with Crippen molar-refractivity contribution in [3.05, 3.63) is 34.3 Å². The molecule has 0 aromatic heterocycles. The minimum Gasteiger partial charge on any atom is -0.341 e. The number of hydrogen-bond donors (Lipinski definition) is 1. The molecule has 1 aliphatic heterocycles. The van der Waals surface area contributed by atoms with Gasteiger partial charge in [0.15, 0.2) is 6.04 Å². The zero-order valence-corrected chi connectivity index (χ0v) is 14.3. The number of amides is 1. The molecule has 1 saturated heterocycles. The van der Waals surface area contributed by atoms with Crippen LogP contribution < -0.4 is 5.32 Å². The largest absolute Gasteiger partial charge is 0.412 e. The Morgan fingerprint density at radius 2 is 1.70 bits per heavy atom. The van der Waals surface area contributed by atoms with Gasteiger partial charge in [0.2, 0.25) is 5.91 Å². The van der Waals surface area contributed by atoms with Gasteiger partial charge >= 0.3 is 6.18 Å². The minimum absolute atomic E-state index is 0.0546. The van der Waals surface area contributed by atoms with Crippen molar-refractivity contribution in [1.82, 2.24) is 5.32 Å². The molecule has 0 aliphatic carbocycles. The number of nitrogens with one attached hydrogen (secondary N) is 1. The summed E-state index contributed by atoms with van der Waals surface area (Å²) in [5, 5.41) is 2.02. The lowest BCUT2D eigenvalue weighted by molar-refractivity contribution is -0.164. The predicted octanol–water partition coefficient (Wildman–Crippen LogP) is 2.99. The summed E-state index contributed by atoms with van der Waals surface area (Å²) >= 11 is 3.14. The van der Waals surface area contributed by atoms with Crippen molar-refractivity contribution in [3.8, 4) is 0 Å². The predicted molar refractivity (Wildman–Crippen MR) is 82.5 cm³/mol. The fraction of sp³-hybridized carbons (Fsp3) is 0.500. The zero-order valence-electron chi connectivity index (χ0n) is 11.9. The van der Waals surface area contributed by atoms with Gasteiger partial charge in [-0.05, 0) is 30.5 Å². The van der Waals surface area contributed by atoms with Gasteiger partial charge in [0, 0.05) is 10.4 Å². The van der Waals surface area contributed by atoms with Crippen LogP contribution in [-0.2, 0) is 14.6 Å². The molecular formula is C14H15BrF3NO3S. The second-order valence-electron chi connectivity index (χ2n) is 5.46. The maximum Gasteiger partial charge on any atom is 0.412 e. The Bertz CT molecular complexity index is 660. The van der Waals surface area contributed by atoms with Crippen LogP contribution in [-0.4, -0.2) is 32.0 Å². The molecule has 0 saturated carbocycles. The minimum atomic E-state index is -4.63. The third kappa shape index (κ3) is 4.94. The van der Waals surface area contributed by atoms with Gasteiger partial charge in [-0.1, -0.05) is 28.1 Å². The normalized spacial score (nSPS) is 20.0. The fourth-order valence-electron chi connectivity index (χ4n) is 2.42. The maximum absolute atomic E-state index is 13.2. The van der Waals surface area contributed by atoms with E-state index in [0.717, 1.165) is 0 Å². The fourth-order valence-corrected chi connectivity index (χ4v) is 4.18. The number of rotatable bonds is 3. The van der Waals surface area contributed by atoms with E-state index in [1.165, 1.54) is 24.3 Å². The van der Waals surface area contributed by atoms with Crippen molar-refractivity contribution in [2.45, 2.75) is 25.1 Å². The summed E-state index contributed by atoms with van der Waals surface area (Å²) in [5.41, 5.74) is -0.0718. The first-order valence-electron chi connectivity index (χ1n) is 6.91. The standard InChI is InChI=1S/C14H15BrF3NO3S/c15-11-3-1-9(2-4-11)12(14(16,17)18)19-13(20)10-5-7-23(21,22)8-6-10/h1-4,10,12H,5-8H2,(H,19,20)/t12-/m1/s1. The maximum atomic E-state index is 13.2. The molecule has 1 aromatic rings. The average molecular weight is 414 g/mol. The summed E-state index contributed by atoms with van der Waals surface area (Å²) in [6.07, 6.45) is -4.53. The molecule has 0 spiro atoms. The van der Waals surface area contributed by atoms with Gasteiger partial charge in [0.25, 0.3) is 0 Å². The van der Waals surface area contributed by atoms with Crippen LogP contribution >= 0.6 is 15.9 Å². The second-order valence-corrected chi connectivity index (χ2v) is 8.68. The van der Waals surface area contributed by atoms with E-state index in [9.17, 15) is 26.4 Å². The highest BCUT2D eigenvalue weighted by Gasteiger charge is 2.43. The molecule has 128 valence electrons. The van der Waals surface area contributed by atoms with Crippen LogP contribution in [0.2, 0.25) is 0 Å². The average Bonchev–Trinajstić information content (AvgIpc) is 2.44. The van der Waals surface area contributed by atoms with Crippen LogP contribution in [0.5, 0.6) is 0 Å². The smallest absolute Gasteiger partial charge is 0.341 e. The van der Waals surface area contributed by atoms with Crippen LogP contribution in [0.15, 0.2) is 28.7 Å². The highest BCUT2D eigenvalue weighted by atomic mass is 79.9. The molecule has 0 bridgehead atoms. The van der Waals surface area contributed by atoms with Crippen LogP contribution in [0, 0.1) is 5.92 Å². The number of sulfone groups is 1. The van der Waals surface area contributed by atoms with Crippen molar-refractivity contribution in [2.24, 2.45) is 5.92 Å². The van der Waals surface area contributed by atoms with E-state index in [2.05, 4.69) is 15.9 Å². The Morgan fingerprint density at radius 1 is 1.17 bits per heavy atom. The number of carbonyl (C=O) groups excluding carboxylic acids is 1. The molecule has 1 aliphatic rings. The van der Waals surface area contributed by atoms with E-state index < -0.39 is 33.9 Å². The third-order valence-corrected chi connectivity index (χ3v) is 5.99. The highest BCUT2D eigenvalue weighted by Crippen LogP contribution is 2.34. The van der Waals surface area contributed by atoms with Gasteiger partial charge in [0.05, 0.1) is 11.5 Å². The van der Waals surface area contributed by atoms with Crippen LogP contribution in [0.25, 0.3) is 0 Å². The number of halogens is 4. The first-order valence-corrected chi connectivity index (χ1v) is 9.53. The zero-order chi connectivity index (χ0) is 17.3. The summed E-state index contributed by atoms with van der Waals surface area (Å²) in [6.45, 7) is 0. The van der Waals surface area contributed by atoms with Crippen molar-refractivity contribution < 1.29 is 26.4 Å². The van der Waals surface area contributed by atoms with Crippen molar-refractivity contribution in [3.63, 3.8) is 0 Å². The molecule has 2 rings (SSSR count). The Kier molecular flexibility index (Phi) is 5.40. The Morgan fingerprint density at radius 3 is 2.17 bits per heavy atom. The topological polar surface area (TPSA) is 63.2 Å². The monoisotopic (exact) mass is 413 g/mol. The van der Waals surface area contributed by atoms with Gasteiger partial charge < -0.3 is 5.32 Å². The molecule has 0 radical (unpaired) electrons. The first kappa shape index (κ1) is 18.3. The third-order valence-electron chi connectivity index (χ3n) is 3.74. The molecule has 0 unspecified atom stereocenters. The van der Waals surface area contributed by atoms with Gasteiger partial charge in [-0.25, -0.2) is 8.42 Å². The molecule has 1 fully saturated rings. The summed E-state index contributed by atoms with van der Waals surface area (Å²) in [6, 6.07) is 3.39. The van der Waals surface area contributed by atoms with Crippen LogP contribution in [0.3, 0.4) is 0 Å². The van der Waals surface area contributed by atoms with Gasteiger partial charge in [-0.2, -0.15) is 13.2 Å². The van der Waals surface area contributed by atoms with Crippen LogP contribution in [0.1, 0.15) is 24.4 Å². The molecule has 1 amide bonds. The van der Waals surface area contributed by atoms with E-state index in [0.29, 0.717) is 4.47 Å². The number of hydrogen-bond acceptors (Lipinski definition) is 3.